The van der Waals surface area contributed by atoms with Gasteiger partial charge in [-0.05, 0) is 18.9 Å². The van der Waals surface area contributed by atoms with Crippen LogP contribution in [0.2, 0.25) is 0 Å². The van der Waals surface area contributed by atoms with Crippen LogP contribution in [0.15, 0.2) is 23.1 Å². The standard InChI is InChI=1S/C17H19N5O3/c1-22-8-10(7-18)3-14(22)17(24)19-12-4-11(5-12)13-6-16(23)21-15(20-13)9-25-2/h3,6,8,11-12H,4-5,9H2,1-2H3,(H,19,24)(H,20,21,23). The highest BCUT2D eigenvalue weighted by atomic mass is 16.5. The zero-order chi connectivity index (χ0) is 18.0. The third-order valence-electron chi connectivity index (χ3n) is 4.35. The summed E-state index contributed by atoms with van der Waals surface area (Å²) in [5.41, 5.74) is 1.44. The van der Waals surface area contributed by atoms with Gasteiger partial charge in [0, 0.05) is 38.4 Å². The molecule has 1 aliphatic carbocycles. The number of amides is 1. The predicted octanol–water partition coefficient (Wildman–Crippen LogP) is 0.802. The van der Waals surface area contributed by atoms with E-state index in [0.29, 0.717) is 17.1 Å². The van der Waals surface area contributed by atoms with Crippen molar-refractivity contribution in [1.82, 2.24) is 19.9 Å². The highest BCUT2D eigenvalue weighted by Crippen LogP contribution is 2.35. The van der Waals surface area contributed by atoms with E-state index in [0.717, 1.165) is 18.5 Å². The zero-order valence-corrected chi connectivity index (χ0v) is 14.1. The molecular formula is C17H19N5O3. The maximum absolute atomic E-state index is 12.3. The number of rotatable bonds is 5. The maximum atomic E-state index is 12.3. The number of carbonyl (C=O) groups is 1. The van der Waals surface area contributed by atoms with E-state index in [1.807, 2.05) is 6.07 Å². The van der Waals surface area contributed by atoms with Crippen LogP contribution < -0.4 is 10.9 Å². The topological polar surface area (TPSA) is 113 Å². The van der Waals surface area contributed by atoms with Crippen molar-refractivity contribution >= 4 is 5.91 Å². The van der Waals surface area contributed by atoms with E-state index in [9.17, 15) is 9.59 Å². The Kier molecular flexibility index (Phi) is 4.67. The first-order chi connectivity index (χ1) is 12.0. The molecule has 1 fully saturated rings. The molecule has 0 radical (unpaired) electrons. The van der Waals surface area contributed by atoms with Crippen LogP contribution in [-0.2, 0) is 18.4 Å². The van der Waals surface area contributed by atoms with E-state index in [4.69, 9.17) is 10.00 Å². The molecule has 0 atom stereocenters. The van der Waals surface area contributed by atoms with Gasteiger partial charge in [0.25, 0.3) is 11.5 Å². The third kappa shape index (κ3) is 3.61. The minimum atomic E-state index is -0.202. The van der Waals surface area contributed by atoms with Crippen LogP contribution in [0, 0.1) is 11.3 Å². The van der Waals surface area contributed by atoms with Crippen molar-refractivity contribution in [2.24, 2.45) is 7.05 Å². The first-order valence-corrected chi connectivity index (χ1v) is 7.96. The first kappa shape index (κ1) is 16.9. The Hall–Kier alpha value is -2.92. The lowest BCUT2D eigenvalue weighted by molar-refractivity contribution is 0.0899. The van der Waals surface area contributed by atoms with Crippen molar-refractivity contribution in [3.05, 3.63) is 51.5 Å². The SMILES string of the molecule is COCc1nc(C2CC(NC(=O)c3cc(C#N)cn3C)C2)cc(=O)[nH]1. The second-order valence-electron chi connectivity index (χ2n) is 6.23. The fraction of sp³-hybridized carbons (Fsp3) is 0.412. The van der Waals surface area contributed by atoms with Crippen LogP contribution in [0.3, 0.4) is 0 Å². The fourth-order valence-electron chi connectivity index (χ4n) is 3.03. The fourth-order valence-corrected chi connectivity index (χ4v) is 3.03. The quantitative estimate of drug-likeness (QED) is 0.835. The van der Waals surface area contributed by atoms with Gasteiger partial charge in [-0.15, -0.1) is 0 Å². The van der Waals surface area contributed by atoms with Gasteiger partial charge in [0.05, 0.1) is 11.3 Å². The van der Waals surface area contributed by atoms with Crippen LogP contribution in [0.1, 0.15) is 46.3 Å². The summed E-state index contributed by atoms with van der Waals surface area (Å²) in [4.78, 5) is 31.1. The van der Waals surface area contributed by atoms with Crippen molar-refractivity contribution in [2.75, 3.05) is 7.11 Å². The summed E-state index contributed by atoms with van der Waals surface area (Å²) in [7, 11) is 3.28. The first-order valence-electron chi connectivity index (χ1n) is 7.96. The highest BCUT2D eigenvalue weighted by Gasteiger charge is 2.33. The lowest BCUT2D eigenvalue weighted by Gasteiger charge is -2.35. The number of nitrogens with one attached hydrogen (secondary N) is 2. The predicted molar refractivity (Wildman–Crippen MR) is 88.9 cm³/mol. The zero-order valence-electron chi connectivity index (χ0n) is 14.1. The minimum absolute atomic E-state index is 0.0323. The van der Waals surface area contributed by atoms with Gasteiger partial charge in [0.15, 0.2) is 0 Å². The van der Waals surface area contributed by atoms with Gasteiger partial charge < -0.3 is 19.6 Å². The number of H-pyrrole nitrogens is 1. The Labute approximate surface area is 144 Å². The molecule has 2 aromatic heterocycles. The molecule has 8 heteroatoms. The summed E-state index contributed by atoms with van der Waals surface area (Å²) in [5.74, 6) is 0.447. The second kappa shape index (κ2) is 6.91. The number of methoxy groups -OCH3 is 1. The van der Waals surface area contributed by atoms with Crippen LogP contribution in [0.25, 0.3) is 0 Å². The molecule has 2 aromatic rings. The maximum Gasteiger partial charge on any atom is 0.268 e. The van der Waals surface area contributed by atoms with Crippen molar-refractivity contribution in [2.45, 2.75) is 31.4 Å². The number of aryl methyl sites for hydroxylation is 1. The molecule has 1 amide bonds. The van der Waals surface area contributed by atoms with Crippen molar-refractivity contribution in [3.63, 3.8) is 0 Å². The molecule has 0 bridgehead atoms. The average Bonchev–Trinajstić information content (AvgIpc) is 2.91. The van der Waals surface area contributed by atoms with E-state index in [-0.39, 0.29) is 30.0 Å². The summed E-state index contributed by atoms with van der Waals surface area (Å²) in [5, 5.41) is 11.9. The van der Waals surface area contributed by atoms with Gasteiger partial charge in [0.2, 0.25) is 0 Å². The van der Waals surface area contributed by atoms with Crippen LogP contribution in [-0.4, -0.2) is 33.6 Å². The van der Waals surface area contributed by atoms with Gasteiger partial charge in [-0.3, -0.25) is 9.59 Å². The number of aromatic amines is 1. The van der Waals surface area contributed by atoms with Crippen LogP contribution >= 0.6 is 0 Å². The van der Waals surface area contributed by atoms with E-state index in [1.54, 1.807) is 31.0 Å². The Morgan fingerprint density at radius 3 is 2.92 bits per heavy atom. The molecule has 0 aromatic carbocycles. The highest BCUT2D eigenvalue weighted by molar-refractivity contribution is 5.93. The molecule has 130 valence electrons. The van der Waals surface area contributed by atoms with Gasteiger partial charge in [-0.2, -0.15) is 5.26 Å². The van der Waals surface area contributed by atoms with Crippen molar-refractivity contribution in [3.8, 4) is 6.07 Å². The molecular weight excluding hydrogens is 322 g/mol. The Bertz CT molecular complexity index is 886. The molecule has 8 nitrogen and oxygen atoms in total. The Morgan fingerprint density at radius 2 is 2.28 bits per heavy atom. The summed E-state index contributed by atoms with van der Waals surface area (Å²) in [6, 6.07) is 5.12. The van der Waals surface area contributed by atoms with Crippen molar-refractivity contribution in [1.29, 1.82) is 5.26 Å². The summed E-state index contributed by atoms with van der Waals surface area (Å²) in [6.45, 7) is 0.255. The molecule has 0 saturated heterocycles. The van der Waals surface area contributed by atoms with E-state index in [1.165, 1.54) is 6.07 Å². The Balaban J connectivity index is 1.61. The third-order valence-corrected chi connectivity index (χ3v) is 4.35. The molecule has 1 aliphatic rings. The molecule has 2 N–H and O–H groups in total. The molecule has 0 unspecified atom stereocenters. The Morgan fingerprint density at radius 1 is 1.52 bits per heavy atom. The van der Waals surface area contributed by atoms with E-state index < -0.39 is 0 Å². The lowest BCUT2D eigenvalue weighted by Crippen LogP contribution is -2.44. The smallest absolute Gasteiger partial charge is 0.268 e. The van der Waals surface area contributed by atoms with Crippen molar-refractivity contribution < 1.29 is 9.53 Å². The average molecular weight is 341 g/mol. The summed E-state index contributed by atoms with van der Waals surface area (Å²) >= 11 is 0. The number of aromatic nitrogens is 3. The van der Waals surface area contributed by atoms with Gasteiger partial charge in [-0.25, -0.2) is 4.98 Å². The van der Waals surface area contributed by atoms with Gasteiger partial charge in [0.1, 0.15) is 24.2 Å². The minimum Gasteiger partial charge on any atom is -0.377 e. The molecule has 0 spiro atoms. The molecule has 3 rings (SSSR count). The number of ether oxygens (including phenoxy) is 1. The lowest BCUT2D eigenvalue weighted by atomic mass is 9.78. The molecule has 1 saturated carbocycles. The van der Waals surface area contributed by atoms with E-state index >= 15 is 0 Å². The number of nitrogens with zero attached hydrogens (tertiary/aromatic N) is 3. The van der Waals surface area contributed by atoms with Crippen LogP contribution in [0.4, 0.5) is 0 Å². The number of nitriles is 1. The van der Waals surface area contributed by atoms with Crippen LogP contribution in [0.5, 0.6) is 0 Å². The monoisotopic (exact) mass is 341 g/mol. The number of carbonyl (C=O) groups excluding carboxylic acids is 1. The van der Waals surface area contributed by atoms with Gasteiger partial charge in [-0.1, -0.05) is 0 Å². The second-order valence-corrected chi connectivity index (χ2v) is 6.23. The normalized spacial score (nSPS) is 19.1. The largest absolute Gasteiger partial charge is 0.377 e. The molecule has 0 aliphatic heterocycles. The summed E-state index contributed by atoms with van der Waals surface area (Å²) in [6.07, 6.45) is 3.07. The molecule has 2 heterocycles. The van der Waals surface area contributed by atoms with Gasteiger partial charge >= 0.3 is 0 Å². The number of hydrogen-bond acceptors (Lipinski definition) is 5. The molecule has 25 heavy (non-hydrogen) atoms. The number of hydrogen-bond donors (Lipinski definition) is 2. The van der Waals surface area contributed by atoms with E-state index in [2.05, 4.69) is 15.3 Å². The summed E-state index contributed by atoms with van der Waals surface area (Å²) < 4.78 is 6.64.